The van der Waals surface area contributed by atoms with Crippen molar-refractivity contribution in [3.63, 3.8) is 0 Å². The second-order valence-corrected chi connectivity index (χ2v) is 4.82. The van der Waals surface area contributed by atoms with Crippen molar-refractivity contribution in [2.45, 2.75) is 39.0 Å². The minimum Gasteiger partial charge on any atom is -0.493 e. The van der Waals surface area contributed by atoms with Crippen molar-refractivity contribution in [1.29, 1.82) is 0 Å². The Hall–Kier alpha value is -1.40. The Bertz CT molecular complexity index is 425. The van der Waals surface area contributed by atoms with E-state index in [0.717, 1.165) is 5.56 Å². The predicted octanol–water partition coefficient (Wildman–Crippen LogP) is 2.55. The molecule has 0 aliphatic carbocycles. The van der Waals surface area contributed by atoms with Crippen LogP contribution in [0.1, 0.15) is 25.8 Å². The lowest BCUT2D eigenvalue weighted by molar-refractivity contribution is -0.0512. The Labute approximate surface area is 117 Å². The zero-order chi connectivity index (χ0) is 15.2. The van der Waals surface area contributed by atoms with E-state index in [1.165, 1.54) is 13.2 Å². The van der Waals surface area contributed by atoms with Gasteiger partial charge >= 0.3 is 6.61 Å². The Morgan fingerprint density at radius 1 is 1.35 bits per heavy atom. The Morgan fingerprint density at radius 2 is 2.05 bits per heavy atom. The van der Waals surface area contributed by atoms with Crippen molar-refractivity contribution in [2.24, 2.45) is 0 Å². The number of methoxy groups -OCH3 is 1. The highest BCUT2D eigenvalue weighted by molar-refractivity contribution is 5.42. The highest BCUT2D eigenvalue weighted by Gasteiger charge is 2.16. The molecule has 6 heteroatoms. The summed E-state index contributed by atoms with van der Waals surface area (Å²) in [5.41, 5.74) is -0.0113. The molecule has 4 nitrogen and oxygen atoms in total. The van der Waals surface area contributed by atoms with Crippen LogP contribution in [0.2, 0.25) is 0 Å². The number of halogens is 2. The summed E-state index contributed by atoms with van der Waals surface area (Å²) in [6.45, 7) is 1.59. The number of hydrogen-bond donors (Lipinski definition) is 2. The van der Waals surface area contributed by atoms with Crippen molar-refractivity contribution < 1.29 is 23.4 Å². The van der Waals surface area contributed by atoms with Gasteiger partial charge in [0.1, 0.15) is 0 Å². The molecule has 0 fully saturated rings. The highest BCUT2D eigenvalue weighted by atomic mass is 19.3. The molecule has 0 aliphatic rings. The first-order valence-electron chi connectivity index (χ1n) is 6.43. The third-order valence-electron chi connectivity index (χ3n) is 3.04. The summed E-state index contributed by atoms with van der Waals surface area (Å²) in [4.78, 5) is 0. The summed E-state index contributed by atoms with van der Waals surface area (Å²) in [6.07, 6.45) is 0.627. The standard InChI is InChI=1S/C14H21F2NO3/c1-4-14(2,18)9-17-8-10-5-6-11(19-3)12(7-10)20-13(15)16/h5-7,13,17-18H,4,8-9H2,1-3H3. The van der Waals surface area contributed by atoms with Gasteiger partial charge in [0.15, 0.2) is 11.5 Å². The molecule has 0 amide bonds. The maximum atomic E-state index is 12.3. The van der Waals surface area contributed by atoms with Crippen molar-refractivity contribution in [3.05, 3.63) is 23.8 Å². The molecule has 2 N–H and O–H groups in total. The minimum absolute atomic E-state index is 0.00375. The Morgan fingerprint density at radius 3 is 2.60 bits per heavy atom. The molecule has 0 bridgehead atoms. The fourth-order valence-corrected chi connectivity index (χ4v) is 1.62. The lowest BCUT2D eigenvalue weighted by Gasteiger charge is -2.21. The summed E-state index contributed by atoms with van der Waals surface area (Å²) >= 11 is 0. The number of alkyl halides is 2. The van der Waals surface area contributed by atoms with E-state index >= 15 is 0 Å². The van der Waals surface area contributed by atoms with Crippen LogP contribution in [0.3, 0.4) is 0 Å². The van der Waals surface area contributed by atoms with E-state index in [9.17, 15) is 13.9 Å². The van der Waals surface area contributed by atoms with Gasteiger partial charge in [-0.3, -0.25) is 0 Å². The van der Waals surface area contributed by atoms with Gasteiger partial charge in [0.25, 0.3) is 0 Å². The molecule has 1 rings (SSSR count). The van der Waals surface area contributed by atoms with Gasteiger partial charge in [-0.05, 0) is 31.0 Å². The zero-order valence-electron chi connectivity index (χ0n) is 12.0. The third kappa shape index (κ3) is 5.30. The van der Waals surface area contributed by atoms with E-state index in [2.05, 4.69) is 10.1 Å². The van der Waals surface area contributed by atoms with Crippen LogP contribution in [0.15, 0.2) is 18.2 Å². The monoisotopic (exact) mass is 289 g/mol. The van der Waals surface area contributed by atoms with E-state index in [1.54, 1.807) is 19.1 Å². The first-order chi connectivity index (χ1) is 9.38. The van der Waals surface area contributed by atoms with Gasteiger partial charge in [0, 0.05) is 13.1 Å². The molecular formula is C14H21F2NO3. The van der Waals surface area contributed by atoms with Crippen molar-refractivity contribution in [1.82, 2.24) is 5.32 Å². The van der Waals surface area contributed by atoms with Gasteiger partial charge in [-0.25, -0.2) is 0 Å². The largest absolute Gasteiger partial charge is 0.493 e. The number of ether oxygens (including phenoxy) is 2. The van der Waals surface area contributed by atoms with E-state index in [4.69, 9.17) is 4.74 Å². The van der Waals surface area contributed by atoms with Crippen LogP contribution in [-0.2, 0) is 6.54 Å². The average Bonchev–Trinajstić information content (AvgIpc) is 2.38. The number of hydrogen-bond acceptors (Lipinski definition) is 4. The normalized spacial score (nSPS) is 14.2. The van der Waals surface area contributed by atoms with E-state index in [1.807, 2.05) is 6.92 Å². The lowest BCUT2D eigenvalue weighted by atomic mass is 10.0. The maximum absolute atomic E-state index is 12.3. The average molecular weight is 289 g/mol. The van der Waals surface area contributed by atoms with E-state index in [-0.39, 0.29) is 11.5 Å². The summed E-state index contributed by atoms with van der Waals surface area (Å²) in [5.74, 6) is 0.263. The lowest BCUT2D eigenvalue weighted by Crippen LogP contribution is -2.36. The third-order valence-corrected chi connectivity index (χ3v) is 3.04. The van der Waals surface area contributed by atoms with Crippen LogP contribution >= 0.6 is 0 Å². The molecule has 20 heavy (non-hydrogen) atoms. The first kappa shape index (κ1) is 16.7. The second kappa shape index (κ2) is 7.40. The zero-order valence-corrected chi connectivity index (χ0v) is 12.0. The fraction of sp³-hybridized carbons (Fsp3) is 0.571. The quantitative estimate of drug-likeness (QED) is 0.772. The molecule has 1 atom stereocenters. The summed E-state index contributed by atoms with van der Waals surface area (Å²) in [6, 6.07) is 4.83. The van der Waals surface area contributed by atoms with E-state index in [0.29, 0.717) is 19.5 Å². The Balaban J connectivity index is 2.67. The van der Waals surface area contributed by atoms with Crippen molar-refractivity contribution in [2.75, 3.05) is 13.7 Å². The molecule has 0 aromatic heterocycles. The van der Waals surface area contributed by atoms with Gasteiger partial charge in [-0.1, -0.05) is 13.0 Å². The molecule has 0 saturated carbocycles. The van der Waals surface area contributed by atoms with Crippen LogP contribution in [0.4, 0.5) is 8.78 Å². The van der Waals surface area contributed by atoms with E-state index < -0.39 is 12.2 Å². The summed E-state index contributed by atoms with van der Waals surface area (Å²) in [7, 11) is 1.39. The molecule has 0 radical (unpaired) electrons. The van der Waals surface area contributed by atoms with Crippen LogP contribution < -0.4 is 14.8 Å². The molecule has 0 heterocycles. The molecule has 1 aromatic rings. The van der Waals surface area contributed by atoms with Crippen LogP contribution in [0.5, 0.6) is 11.5 Å². The van der Waals surface area contributed by atoms with Gasteiger partial charge in [0.2, 0.25) is 0 Å². The summed E-state index contributed by atoms with van der Waals surface area (Å²) < 4.78 is 34.0. The van der Waals surface area contributed by atoms with Gasteiger partial charge < -0.3 is 19.9 Å². The van der Waals surface area contributed by atoms with Crippen molar-refractivity contribution in [3.8, 4) is 11.5 Å². The molecule has 0 saturated heterocycles. The molecule has 0 spiro atoms. The van der Waals surface area contributed by atoms with Crippen LogP contribution in [-0.4, -0.2) is 31.0 Å². The number of nitrogens with one attached hydrogen (secondary N) is 1. The van der Waals surface area contributed by atoms with Crippen LogP contribution in [0.25, 0.3) is 0 Å². The second-order valence-electron chi connectivity index (χ2n) is 4.82. The van der Waals surface area contributed by atoms with Gasteiger partial charge in [-0.15, -0.1) is 0 Å². The topological polar surface area (TPSA) is 50.7 Å². The molecule has 1 aromatic carbocycles. The minimum atomic E-state index is -2.90. The van der Waals surface area contributed by atoms with Crippen molar-refractivity contribution >= 4 is 0 Å². The Kier molecular flexibility index (Phi) is 6.16. The summed E-state index contributed by atoms with van der Waals surface area (Å²) in [5, 5.41) is 12.9. The molecule has 1 unspecified atom stereocenters. The smallest absolute Gasteiger partial charge is 0.387 e. The molecule has 0 aliphatic heterocycles. The fourth-order valence-electron chi connectivity index (χ4n) is 1.62. The highest BCUT2D eigenvalue weighted by Crippen LogP contribution is 2.29. The first-order valence-corrected chi connectivity index (χ1v) is 6.43. The maximum Gasteiger partial charge on any atom is 0.387 e. The predicted molar refractivity (Wildman–Crippen MR) is 72.2 cm³/mol. The number of rotatable bonds is 8. The molecule has 114 valence electrons. The SMILES string of the molecule is CCC(C)(O)CNCc1ccc(OC)c(OC(F)F)c1. The number of aliphatic hydroxyl groups is 1. The number of benzene rings is 1. The van der Waals surface area contributed by atoms with Crippen LogP contribution in [0, 0.1) is 0 Å². The molecular weight excluding hydrogens is 268 g/mol. The van der Waals surface area contributed by atoms with Gasteiger partial charge in [-0.2, -0.15) is 8.78 Å². The van der Waals surface area contributed by atoms with Gasteiger partial charge in [0.05, 0.1) is 12.7 Å².